The summed E-state index contributed by atoms with van der Waals surface area (Å²) in [5, 5.41) is 15.9. The second-order valence-electron chi connectivity index (χ2n) is 5.66. The molecule has 136 valence electrons. The number of carbonyl (C=O) groups is 1. The summed E-state index contributed by atoms with van der Waals surface area (Å²) < 4.78 is 7.01. The lowest BCUT2D eigenvalue weighted by molar-refractivity contribution is -0.115. The highest BCUT2D eigenvalue weighted by Gasteiger charge is 2.14. The number of hydrogen-bond donors (Lipinski definition) is 1. The first-order chi connectivity index (χ1) is 12.7. The van der Waals surface area contributed by atoms with E-state index >= 15 is 0 Å². The van der Waals surface area contributed by atoms with Gasteiger partial charge in [0.2, 0.25) is 5.91 Å². The van der Waals surface area contributed by atoms with Crippen LogP contribution in [0.1, 0.15) is 25.5 Å². The Hall–Kier alpha value is -2.68. The summed E-state index contributed by atoms with van der Waals surface area (Å²) in [4.78, 5) is 16.0. The van der Waals surface area contributed by atoms with Crippen LogP contribution >= 0.6 is 11.8 Å². The molecule has 9 heteroatoms. The van der Waals surface area contributed by atoms with Crippen molar-refractivity contribution in [2.45, 2.75) is 38.4 Å². The quantitative estimate of drug-likeness (QED) is 0.606. The lowest BCUT2D eigenvalue weighted by Gasteiger charge is -2.08. The molecule has 8 nitrogen and oxygen atoms in total. The summed E-state index contributed by atoms with van der Waals surface area (Å²) in [5.41, 5.74) is 0.979. The van der Waals surface area contributed by atoms with Crippen LogP contribution in [0.25, 0.3) is 11.4 Å². The fourth-order valence-electron chi connectivity index (χ4n) is 2.40. The largest absolute Gasteiger partial charge is 0.360 e. The predicted molar refractivity (Wildman–Crippen MR) is 98.8 cm³/mol. The van der Waals surface area contributed by atoms with Gasteiger partial charge >= 0.3 is 0 Å². The number of carbonyl (C=O) groups excluding carboxylic acids is 1. The van der Waals surface area contributed by atoms with Gasteiger partial charge in [0.1, 0.15) is 5.76 Å². The van der Waals surface area contributed by atoms with E-state index in [4.69, 9.17) is 4.52 Å². The molecule has 0 fully saturated rings. The molecular weight excluding hydrogens is 352 g/mol. The molecule has 1 N–H and O–H groups in total. The van der Waals surface area contributed by atoms with Gasteiger partial charge in [0.15, 0.2) is 16.8 Å². The second-order valence-corrected chi connectivity index (χ2v) is 6.73. The summed E-state index contributed by atoms with van der Waals surface area (Å²) in [5.74, 6) is 2.40. The van der Waals surface area contributed by atoms with Gasteiger partial charge in [0.25, 0.3) is 0 Å². The first-order valence-electron chi connectivity index (χ1n) is 8.37. The van der Waals surface area contributed by atoms with Crippen molar-refractivity contribution in [2.24, 2.45) is 0 Å². The normalized spacial score (nSPS) is 10.8. The third-order valence-electron chi connectivity index (χ3n) is 3.56. The molecule has 26 heavy (non-hydrogen) atoms. The molecule has 0 aliphatic heterocycles. The maximum absolute atomic E-state index is 12.0. The monoisotopic (exact) mass is 372 g/mol. The van der Waals surface area contributed by atoms with Crippen LogP contribution in [0.15, 0.2) is 40.3 Å². The van der Waals surface area contributed by atoms with Gasteiger partial charge in [-0.2, -0.15) is 0 Å². The lowest BCUT2D eigenvalue weighted by atomic mass is 10.2. The van der Waals surface area contributed by atoms with Crippen molar-refractivity contribution in [3.8, 4) is 11.4 Å². The van der Waals surface area contributed by atoms with Crippen molar-refractivity contribution in [2.75, 3.05) is 11.1 Å². The third-order valence-corrected chi connectivity index (χ3v) is 4.53. The van der Waals surface area contributed by atoms with Gasteiger partial charge in [-0.1, -0.05) is 23.8 Å². The summed E-state index contributed by atoms with van der Waals surface area (Å²) in [6.07, 6.45) is 4.79. The van der Waals surface area contributed by atoms with Crippen molar-refractivity contribution >= 4 is 23.5 Å². The maximum Gasteiger partial charge on any atom is 0.226 e. The Morgan fingerprint density at radius 1 is 1.31 bits per heavy atom. The Kier molecular flexibility index (Phi) is 6.00. The highest BCUT2D eigenvalue weighted by molar-refractivity contribution is 7.99. The first kappa shape index (κ1) is 18.1. The fraction of sp³-hybridized carbons (Fsp3) is 0.353. The van der Waals surface area contributed by atoms with E-state index in [0.717, 1.165) is 29.5 Å². The molecule has 3 rings (SSSR count). The topological polar surface area (TPSA) is 98.7 Å². The number of amides is 1. The molecule has 0 aromatic carbocycles. The van der Waals surface area contributed by atoms with E-state index in [0.29, 0.717) is 23.8 Å². The predicted octanol–water partition coefficient (Wildman–Crippen LogP) is 3.17. The Labute approximate surface area is 155 Å². The summed E-state index contributed by atoms with van der Waals surface area (Å²) >= 11 is 1.52. The molecule has 0 saturated heterocycles. The number of anilines is 1. The van der Waals surface area contributed by atoms with Gasteiger partial charge in [-0.25, -0.2) is 0 Å². The molecule has 3 heterocycles. The van der Waals surface area contributed by atoms with Gasteiger partial charge in [-0.05, 0) is 25.5 Å². The Balaban J connectivity index is 1.61. The molecule has 0 unspecified atom stereocenters. The zero-order valence-electron chi connectivity index (χ0n) is 14.7. The molecule has 0 atom stereocenters. The van der Waals surface area contributed by atoms with Crippen molar-refractivity contribution in [3.63, 3.8) is 0 Å². The van der Waals surface area contributed by atoms with Gasteiger partial charge in [0, 0.05) is 42.7 Å². The van der Waals surface area contributed by atoms with E-state index in [1.54, 1.807) is 25.4 Å². The average molecular weight is 372 g/mol. The third kappa shape index (κ3) is 4.48. The van der Waals surface area contributed by atoms with Crippen molar-refractivity contribution < 1.29 is 9.32 Å². The van der Waals surface area contributed by atoms with Crippen LogP contribution in [0.3, 0.4) is 0 Å². The van der Waals surface area contributed by atoms with Gasteiger partial charge in [-0.15, -0.1) is 10.2 Å². The number of hydrogen-bond acceptors (Lipinski definition) is 7. The number of nitrogens with zero attached hydrogens (tertiary/aromatic N) is 5. The zero-order chi connectivity index (χ0) is 18.4. The van der Waals surface area contributed by atoms with Crippen molar-refractivity contribution in [1.29, 1.82) is 0 Å². The zero-order valence-corrected chi connectivity index (χ0v) is 15.5. The summed E-state index contributed by atoms with van der Waals surface area (Å²) in [7, 11) is 0. The molecule has 0 bridgehead atoms. The molecule has 3 aromatic heterocycles. The minimum Gasteiger partial charge on any atom is -0.360 e. The van der Waals surface area contributed by atoms with E-state index < -0.39 is 0 Å². The fourth-order valence-corrected chi connectivity index (χ4v) is 3.30. The molecule has 0 spiro atoms. The highest BCUT2D eigenvalue weighted by atomic mass is 32.2. The van der Waals surface area contributed by atoms with E-state index in [1.165, 1.54) is 11.8 Å². The molecule has 0 aliphatic rings. The van der Waals surface area contributed by atoms with E-state index in [-0.39, 0.29) is 5.91 Å². The van der Waals surface area contributed by atoms with Crippen LogP contribution in [0.5, 0.6) is 0 Å². The Morgan fingerprint density at radius 2 is 2.12 bits per heavy atom. The Morgan fingerprint density at radius 3 is 2.81 bits per heavy atom. The van der Waals surface area contributed by atoms with Crippen LogP contribution in [-0.2, 0) is 11.3 Å². The minimum atomic E-state index is -0.110. The summed E-state index contributed by atoms with van der Waals surface area (Å²) in [6, 6.07) is 5.51. The van der Waals surface area contributed by atoms with E-state index in [9.17, 15) is 4.79 Å². The molecule has 0 radical (unpaired) electrons. The Bertz CT molecular complexity index is 861. The second kappa shape index (κ2) is 8.61. The van der Waals surface area contributed by atoms with E-state index in [2.05, 4.69) is 37.1 Å². The standard InChI is InChI=1S/C17H20N6O2S/c1-3-9-23-16(13-4-7-18-8-5-13)20-21-17(23)26-10-6-15(24)19-14-11-12(2)25-22-14/h4-5,7-8,11H,3,6,9-10H2,1-2H3,(H,19,22,24). The van der Waals surface area contributed by atoms with Gasteiger partial charge < -0.3 is 14.4 Å². The van der Waals surface area contributed by atoms with Gasteiger partial charge in [-0.3, -0.25) is 9.78 Å². The molecule has 0 saturated carbocycles. The van der Waals surface area contributed by atoms with Crippen molar-refractivity contribution in [3.05, 3.63) is 36.4 Å². The van der Waals surface area contributed by atoms with Crippen LogP contribution in [0, 0.1) is 6.92 Å². The molecular formula is C17H20N6O2S. The SMILES string of the molecule is CCCn1c(SCCC(=O)Nc2cc(C)on2)nnc1-c1ccncc1. The number of thioether (sulfide) groups is 1. The molecule has 3 aromatic rings. The summed E-state index contributed by atoms with van der Waals surface area (Å²) in [6.45, 7) is 4.70. The maximum atomic E-state index is 12.0. The first-order valence-corrected chi connectivity index (χ1v) is 9.35. The van der Waals surface area contributed by atoms with Crippen LogP contribution < -0.4 is 5.32 Å². The average Bonchev–Trinajstić information content (AvgIpc) is 3.22. The highest BCUT2D eigenvalue weighted by Crippen LogP contribution is 2.24. The lowest BCUT2D eigenvalue weighted by Crippen LogP contribution is -2.12. The smallest absolute Gasteiger partial charge is 0.226 e. The number of aromatic nitrogens is 5. The molecule has 1 amide bonds. The van der Waals surface area contributed by atoms with Gasteiger partial charge in [0.05, 0.1) is 0 Å². The number of pyridine rings is 1. The van der Waals surface area contributed by atoms with E-state index in [1.807, 2.05) is 12.1 Å². The number of rotatable bonds is 8. The minimum absolute atomic E-state index is 0.110. The van der Waals surface area contributed by atoms with Crippen molar-refractivity contribution in [1.82, 2.24) is 24.9 Å². The number of aryl methyl sites for hydroxylation is 1. The van der Waals surface area contributed by atoms with Crippen LogP contribution in [0.2, 0.25) is 0 Å². The number of nitrogens with one attached hydrogen (secondary N) is 1. The van der Waals surface area contributed by atoms with Crippen LogP contribution in [-0.4, -0.2) is 36.6 Å². The molecule has 0 aliphatic carbocycles. The van der Waals surface area contributed by atoms with Crippen LogP contribution in [0.4, 0.5) is 5.82 Å².